The molecule has 0 aromatic heterocycles. The summed E-state index contributed by atoms with van der Waals surface area (Å²) >= 11 is 0. The molecule has 0 saturated heterocycles. The zero-order valence-corrected chi connectivity index (χ0v) is 9.26. The normalized spacial score (nSPS) is 14.1. The summed E-state index contributed by atoms with van der Waals surface area (Å²) < 4.78 is 18.1. The number of alkyl halides is 1. The number of phenolic OH excluding ortho intramolecular Hbond substituents is 2. The highest BCUT2D eigenvalue weighted by Gasteiger charge is 2.28. The van der Waals surface area contributed by atoms with Gasteiger partial charge in [0.2, 0.25) is 6.17 Å². The predicted octanol–water partition coefficient (Wildman–Crippen LogP) is 0.999. The Bertz CT molecular complexity index is 390. The van der Waals surface area contributed by atoms with Gasteiger partial charge in [0.1, 0.15) is 11.5 Å². The molecule has 0 amide bonds. The number of carbonyl (C=O) groups is 1. The molecule has 17 heavy (non-hydrogen) atoms. The number of esters is 1. The Balaban J connectivity index is 2.87. The van der Waals surface area contributed by atoms with Crippen molar-refractivity contribution in [3.05, 3.63) is 23.8 Å². The number of aromatic hydroxyl groups is 2. The first-order valence-electron chi connectivity index (χ1n) is 5.05. The standard InChI is InChI=1S/C11H14FNO4/c1-2-17-11(16)9(12)10(13)6-3-7(14)5-8(15)4-6/h3-5,9-10,14-15H,2,13H2,1H3/t9?,10-/m0/s1. The van der Waals surface area contributed by atoms with Gasteiger partial charge < -0.3 is 20.7 Å². The van der Waals surface area contributed by atoms with Gasteiger partial charge in [-0.25, -0.2) is 9.18 Å². The molecule has 2 atom stereocenters. The summed E-state index contributed by atoms with van der Waals surface area (Å²) in [7, 11) is 0. The molecule has 0 aliphatic rings. The van der Waals surface area contributed by atoms with E-state index in [1.54, 1.807) is 6.92 Å². The Kier molecular flexibility index (Phi) is 4.28. The maximum Gasteiger partial charge on any atom is 0.342 e. The Morgan fingerprint density at radius 1 is 1.41 bits per heavy atom. The van der Waals surface area contributed by atoms with E-state index in [0.29, 0.717) is 0 Å². The van der Waals surface area contributed by atoms with Crippen molar-refractivity contribution in [2.24, 2.45) is 5.73 Å². The third-order valence-electron chi connectivity index (χ3n) is 2.14. The van der Waals surface area contributed by atoms with Crippen LogP contribution in [0.3, 0.4) is 0 Å². The van der Waals surface area contributed by atoms with E-state index in [4.69, 9.17) is 5.73 Å². The lowest BCUT2D eigenvalue weighted by Gasteiger charge is -2.16. The summed E-state index contributed by atoms with van der Waals surface area (Å²) in [5.41, 5.74) is 5.62. The minimum atomic E-state index is -2.05. The van der Waals surface area contributed by atoms with Crippen LogP contribution in [0.15, 0.2) is 18.2 Å². The monoisotopic (exact) mass is 243 g/mol. The Morgan fingerprint density at radius 2 is 1.94 bits per heavy atom. The SMILES string of the molecule is CCOC(=O)C(F)[C@@H](N)c1cc(O)cc(O)c1. The molecule has 1 rings (SSSR count). The number of hydrogen-bond acceptors (Lipinski definition) is 5. The van der Waals surface area contributed by atoms with Gasteiger partial charge in [-0.3, -0.25) is 0 Å². The second-order valence-electron chi connectivity index (χ2n) is 3.46. The van der Waals surface area contributed by atoms with Gasteiger partial charge in [-0.2, -0.15) is 0 Å². The summed E-state index contributed by atoms with van der Waals surface area (Å²) in [5.74, 6) is -1.58. The first kappa shape index (κ1) is 13.2. The molecular formula is C11H14FNO4. The summed E-state index contributed by atoms with van der Waals surface area (Å²) in [4.78, 5) is 11.1. The Labute approximate surface area is 97.6 Å². The van der Waals surface area contributed by atoms with Gasteiger partial charge in [0.05, 0.1) is 12.6 Å². The van der Waals surface area contributed by atoms with Crippen molar-refractivity contribution in [3.63, 3.8) is 0 Å². The van der Waals surface area contributed by atoms with E-state index in [0.717, 1.165) is 6.07 Å². The summed E-state index contributed by atoms with van der Waals surface area (Å²) in [6, 6.07) is 2.13. The molecule has 1 unspecified atom stereocenters. The van der Waals surface area contributed by atoms with Gasteiger partial charge in [0, 0.05) is 6.07 Å². The topological polar surface area (TPSA) is 92.8 Å². The smallest absolute Gasteiger partial charge is 0.342 e. The fourth-order valence-electron chi connectivity index (χ4n) is 1.35. The van der Waals surface area contributed by atoms with Gasteiger partial charge in [-0.15, -0.1) is 0 Å². The first-order valence-corrected chi connectivity index (χ1v) is 5.05. The Morgan fingerprint density at radius 3 is 2.41 bits per heavy atom. The van der Waals surface area contributed by atoms with Crippen LogP contribution in [-0.2, 0) is 9.53 Å². The molecule has 0 aliphatic heterocycles. The van der Waals surface area contributed by atoms with E-state index in [1.165, 1.54) is 12.1 Å². The van der Waals surface area contributed by atoms with Crippen LogP contribution >= 0.6 is 0 Å². The van der Waals surface area contributed by atoms with Crippen LogP contribution in [0.2, 0.25) is 0 Å². The molecule has 0 heterocycles. The zero-order valence-electron chi connectivity index (χ0n) is 9.26. The number of hydrogen-bond donors (Lipinski definition) is 3. The molecular weight excluding hydrogens is 229 g/mol. The average Bonchev–Trinajstić information content (AvgIpc) is 2.26. The van der Waals surface area contributed by atoms with Crippen LogP contribution in [0.1, 0.15) is 18.5 Å². The molecule has 1 aromatic rings. The number of carbonyl (C=O) groups excluding carboxylic acids is 1. The highest BCUT2D eigenvalue weighted by atomic mass is 19.1. The van der Waals surface area contributed by atoms with Crippen molar-refractivity contribution in [3.8, 4) is 11.5 Å². The van der Waals surface area contributed by atoms with Gasteiger partial charge in [0.15, 0.2) is 0 Å². The second kappa shape index (κ2) is 5.49. The number of benzene rings is 1. The number of ether oxygens (including phenoxy) is 1. The molecule has 94 valence electrons. The van der Waals surface area contributed by atoms with E-state index in [-0.39, 0.29) is 23.7 Å². The van der Waals surface area contributed by atoms with Crippen molar-refractivity contribution < 1.29 is 24.1 Å². The maximum absolute atomic E-state index is 13.6. The summed E-state index contributed by atoms with van der Waals surface area (Å²) in [5, 5.41) is 18.4. The van der Waals surface area contributed by atoms with E-state index < -0.39 is 18.2 Å². The lowest BCUT2D eigenvalue weighted by atomic mass is 10.0. The maximum atomic E-state index is 13.6. The van der Waals surface area contributed by atoms with Gasteiger partial charge in [0.25, 0.3) is 0 Å². The summed E-state index contributed by atoms with van der Waals surface area (Å²) in [6.07, 6.45) is -2.05. The molecule has 1 aromatic carbocycles. The van der Waals surface area contributed by atoms with E-state index in [9.17, 15) is 19.4 Å². The van der Waals surface area contributed by atoms with Crippen molar-refractivity contribution in [1.82, 2.24) is 0 Å². The fraction of sp³-hybridized carbons (Fsp3) is 0.364. The largest absolute Gasteiger partial charge is 0.508 e. The fourth-order valence-corrected chi connectivity index (χ4v) is 1.35. The molecule has 0 saturated carbocycles. The average molecular weight is 243 g/mol. The summed E-state index contributed by atoms with van der Waals surface area (Å²) in [6.45, 7) is 1.60. The number of halogens is 1. The molecule has 5 nitrogen and oxygen atoms in total. The second-order valence-corrected chi connectivity index (χ2v) is 3.46. The third-order valence-corrected chi connectivity index (χ3v) is 2.14. The third kappa shape index (κ3) is 3.32. The quantitative estimate of drug-likeness (QED) is 0.686. The first-order chi connectivity index (χ1) is 7.95. The highest BCUT2D eigenvalue weighted by Crippen LogP contribution is 2.26. The van der Waals surface area contributed by atoms with E-state index in [1.807, 2.05) is 0 Å². The minimum Gasteiger partial charge on any atom is -0.508 e. The van der Waals surface area contributed by atoms with Crippen LogP contribution in [-0.4, -0.2) is 29.0 Å². The zero-order chi connectivity index (χ0) is 13.0. The van der Waals surface area contributed by atoms with Crippen molar-refractivity contribution in [2.75, 3.05) is 6.61 Å². The van der Waals surface area contributed by atoms with Crippen LogP contribution < -0.4 is 5.73 Å². The molecule has 4 N–H and O–H groups in total. The van der Waals surface area contributed by atoms with Crippen molar-refractivity contribution in [2.45, 2.75) is 19.1 Å². The van der Waals surface area contributed by atoms with E-state index >= 15 is 0 Å². The van der Waals surface area contributed by atoms with Crippen molar-refractivity contribution in [1.29, 1.82) is 0 Å². The van der Waals surface area contributed by atoms with Crippen LogP contribution in [0.5, 0.6) is 11.5 Å². The number of rotatable bonds is 4. The van der Waals surface area contributed by atoms with Gasteiger partial charge in [-0.05, 0) is 24.6 Å². The van der Waals surface area contributed by atoms with Crippen LogP contribution in [0.25, 0.3) is 0 Å². The molecule has 0 radical (unpaired) electrons. The van der Waals surface area contributed by atoms with E-state index in [2.05, 4.69) is 4.74 Å². The van der Waals surface area contributed by atoms with Crippen molar-refractivity contribution >= 4 is 5.97 Å². The van der Waals surface area contributed by atoms with Gasteiger partial charge in [-0.1, -0.05) is 0 Å². The molecule has 6 heteroatoms. The lowest BCUT2D eigenvalue weighted by molar-refractivity contribution is -0.149. The Hall–Kier alpha value is -1.82. The molecule has 0 fully saturated rings. The molecule has 0 aliphatic carbocycles. The minimum absolute atomic E-state index is 0.0528. The molecule has 0 bridgehead atoms. The predicted molar refractivity (Wildman–Crippen MR) is 58.2 cm³/mol. The molecule has 0 spiro atoms. The van der Waals surface area contributed by atoms with Crippen LogP contribution in [0, 0.1) is 0 Å². The number of phenols is 2. The van der Waals surface area contributed by atoms with Gasteiger partial charge >= 0.3 is 5.97 Å². The lowest BCUT2D eigenvalue weighted by Crippen LogP contribution is -2.31. The highest BCUT2D eigenvalue weighted by molar-refractivity contribution is 5.75. The van der Waals surface area contributed by atoms with Crippen LogP contribution in [0.4, 0.5) is 4.39 Å². The number of nitrogens with two attached hydrogens (primary N) is 1.